The van der Waals surface area contributed by atoms with Crippen molar-refractivity contribution in [3.05, 3.63) is 23.8 Å². The number of rotatable bonds is 9. The first-order chi connectivity index (χ1) is 13.9. The van der Waals surface area contributed by atoms with Gasteiger partial charge < -0.3 is 29.2 Å². The van der Waals surface area contributed by atoms with Gasteiger partial charge in [-0.05, 0) is 46.8 Å². The third-order valence-corrected chi connectivity index (χ3v) is 5.78. The van der Waals surface area contributed by atoms with Crippen LogP contribution in [0.1, 0.15) is 46.6 Å². The number of phenols is 1. The van der Waals surface area contributed by atoms with E-state index in [9.17, 15) is 14.4 Å². The van der Waals surface area contributed by atoms with E-state index in [-0.39, 0.29) is 31.5 Å². The van der Waals surface area contributed by atoms with Crippen LogP contribution in [0.25, 0.3) is 0 Å². The molecule has 2 rings (SSSR count). The number of aliphatic hydroxyl groups excluding tert-OH is 1. The van der Waals surface area contributed by atoms with E-state index in [2.05, 4.69) is 4.40 Å². The van der Waals surface area contributed by atoms with Gasteiger partial charge in [0, 0.05) is 18.1 Å². The fourth-order valence-electron chi connectivity index (χ4n) is 2.78. The molecule has 1 fully saturated rings. The van der Waals surface area contributed by atoms with Crippen molar-refractivity contribution < 1.29 is 33.4 Å². The molecule has 1 aromatic carbocycles. The van der Waals surface area contributed by atoms with E-state index in [1.807, 2.05) is 34.6 Å². The van der Waals surface area contributed by atoms with Crippen LogP contribution >= 0.6 is 0 Å². The van der Waals surface area contributed by atoms with Crippen molar-refractivity contribution in [1.29, 1.82) is 0 Å². The minimum atomic E-state index is -1.56. The Kier molecular flexibility index (Phi) is 8.41. The van der Waals surface area contributed by atoms with E-state index in [0.717, 1.165) is 0 Å². The third kappa shape index (κ3) is 7.31. The summed E-state index contributed by atoms with van der Waals surface area (Å²) in [6.07, 6.45) is -1.04. The Bertz CT molecular complexity index is 773. The van der Waals surface area contributed by atoms with E-state index < -0.39 is 27.6 Å². The molecule has 0 amide bonds. The second-order valence-electron chi connectivity index (χ2n) is 8.63. The van der Waals surface area contributed by atoms with Gasteiger partial charge in [-0.25, -0.2) is 4.21 Å². The van der Waals surface area contributed by atoms with Crippen molar-refractivity contribution in [3.63, 3.8) is 0 Å². The lowest BCUT2D eigenvalue weighted by Gasteiger charge is -2.19. The zero-order valence-corrected chi connectivity index (χ0v) is 19.3. The standard InChI is InChI=1S/C21H33NO7S/c1-20(2,3)30(25)22-18(17-8-7-15(26-6)10-19(17)24)9-14(23)11-27-12-16-13-28-21(4,5)29-16/h7-8,10,14,16,23-24H,9,11-13H2,1-6H3/b22-18+/t14-,16-,30?/m0/s1. The molecule has 1 saturated heterocycles. The van der Waals surface area contributed by atoms with E-state index in [0.29, 0.717) is 23.6 Å². The number of methoxy groups -OCH3 is 1. The molecule has 0 aromatic heterocycles. The summed E-state index contributed by atoms with van der Waals surface area (Å²) in [5.74, 6) is -0.209. The largest absolute Gasteiger partial charge is 0.507 e. The first-order valence-corrected chi connectivity index (χ1v) is 11.0. The van der Waals surface area contributed by atoms with Crippen LogP contribution in [0.3, 0.4) is 0 Å². The van der Waals surface area contributed by atoms with Crippen LogP contribution in [-0.2, 0) is 25.2 Å². The molecule has 0 saturated carbocycles. The van der Waals surface area contributed by atoms with Gasteiger partial charge in [-0.2, -0.15) is 4.40 Å². The van der Waals surface area contributed by atoms with Gasteiger partial charge in [0.2, 0.25) is 0 Å². The molecule has 30 heavy (non-hydrogen) atoms. The average Bonchev–Trinajstić information content (AvgIpc) is 2.99. The van der Waals surface area contributed by atoms with Crippen LogP contribution in [0.2, 0.25) is 0 Å². The SMILES string of the molecule is COc1ccc(/C(C[C@H](O)COC[C@H]2COC(C)(C)O2)=N/S(=O)C(C)(C)C)c(O)c1. The predicted octanol–water partition coefficient (Wildman–Crippen LogP) is 2.57. The van der Waals surface area contributed by atoms with Crippen LogP contribution in [-0.4, -0.2) is 69.8 Å². The van der Waals surface area contributed by atoms with Crippen LogP contribution in [0.4, 0.5) is 0 Å². The van der Waals surface area contributed by atoms with Gasteiger partial charge in [0.05, 0.1) is 43.5 Å². The highest BCUT2D eigenvalue weighted by Gasteiger charge is 2.32. The monoisotopic (exact) mass is 443 g/mol. The summed E-state index contributed by atoms with van der Waals surface area (Å²) in [5.41, 5.74) is 0.725. The van der Waals surface area contributed by atoms with Crippen molar-refractivity contribution in [2.45, 2.75) is 63.8 Å². The minimum Gasteiger partial charge on any atom is -0.507 e. The maximum atomic E-state index is 12.6. The molecule has 9 heteroatoms. The van der Waals surface area contributed by atoms with Gasteiger partial charge in [-0.15, -0.1) is 0 Å². The number of hydrogen-bond donors (Lipinski definition) is 2. The summed E-state index contributed by atoms with van der Waals surface area (Å²) in [4.78, 5) is 0. The second kappa shape index (κ2) is 10.2. The Morgan fingerprint density at radius 2 is 2.10 bits per heavy atom. The topological polar surface area (TPSA) is 107 Å². The predicted molar refractivity (Wildman–Crippen MR) is 115 cm³/mol. The molecule has 0 aliphatic carbocycles. The molecule has 170 valence electrons. The quantitative estimate of drug-likeness (QED) is 0.565. The molecule has 1 aromatic rings. The molecule has 0 spiro atoms. The summed E-state index contributed by atoms with van der Waals surface area (Å²) in [7, 11) is -0.0595. The molecule has 1 unspecified atom stereocenters. The van der Waals surface area contributed by atoms with Crippen molar-refractivity contribution >= 4 is 16.7 Å². The van der Waals surface area contributed by atoms with Gasteiger partial charge in [0.15, 0.2) is 5.79 Å². The Morgan fingerprint density at radius 3 is 2.63 bits per heavy atom. The van der Waals surface area contributed by atoms with E-state index in [1.54, 1.807) is 12.1 Å². The number of hydrogen-bond acceptors (Lipinski definition) is 7. The zero-order chi connectivity index (χ0) is 22.5. The summed E-state index contributed by atoms with van der Waals surface area (Å²) in [6.45, 7) is 9.85. The Balaban J connectivity index is 2.07. The average molecular weight is 444 g/mol. The lowest BCUT2D eigenvalue weighted by molar-refractivity contribution is -0.146. The van der Waals surface area contributed by atoms with Gasteiger partial charge in [0.1, 0.15) is 28.6 Å². The van der Waals surface area contributed by atoms with Crippen molar-refractivity contribution in [1.82, 2.24) is 0 Å². The van der Waals surface area contributed by atoms with Crippen molar-refractivity contribution in [2.75, 3.05) is 26.9 Å². The van der Waals surface area contributed by atoms with Gasteiger partial charge in [0.25, 0.3) is 0 Å². The van der Waals surface area contributed by atoms with Crippen LogP contribution in [0.15, 0.2) is 22.6 Å². The lowest BCUT2D eigenvalue weighted by Crippen LogP contribution is -2.27. The highest BCUT2D eigenvalue weighted by atomic mass is 32.2. The molecule has 1 aliphatic heterocycles. The molecular weight excluding hydrogens is 410 g/mol. The number of ether oxygens (including phenoxy) is 4. The van der Waals surface area contributed by atoms with E-state index in [1.165, 1.54) is 13.2 Å². The highest BCUT2D eigenvalue weighted by molar-refractivity contribution is 7.85. The second-order valence-corrected chi connectivity index (χ2v) is 10.5. The van der Waals surface area contributed by atoms with Gasteiger partial charge >= 0.3 is 0 Å². The Morgan fingerprint density at radius 1 is 1.40 bits per heavy atom. The van der Waals surface area contributed by atoms with Gasteiger partial charge in [-0.3, -0.25) is 0 Å². The molecule has 8 nitrogen and oxygen atoms in total. The molecule has 1 heterocycles. The number of aliphatic hydroxyl groups is 1. The van der Waals surface area contributed by atoms with Crippen LogP contribution in [0, 0.1) is 0 Å². The maximum absolute atomic E-state index is 12.6. The van der Waals surface area contributed by atoms with Crippen molar-refractivity contribution in [2.24, 2.45) is 4.40 Å². The smallest absolute Gasteiger partial charge is 0.163 e. The zero-order valence-electron chi connectivity index (χ0n) is 18.5. The number of nitrogens with zero attached hydrogens (tertiary/aromatic N) is 1. The number of aromatic hydroxyl groups is 1. The maximum Gasteiger partial charge on any atom is 0.163 e. The molecule has 2 N–H and O–H groups in total. The highest BCUT2D eigenvalue weighted by Crippen LogP contribution is 2.27. The molecular formula is C21H33NO7S. The summed E-state index contributed by atoms with van der Waals surface area (Å²) in [6, 6.07) is 4.76. The van der Waals surface area contributed by atoms with E-state index >= 15 is 0 Å². The van der Waals surface area contributed by atoms with Gasteiger partial charge in [-0.1, -0.05) is 0 Å². The summed E-state index contributed by atoms with van der Waals surface area (Å²) < 4.78 is 38.2. The lowest BCUT2D eigenvalue weighted by atomic mass is 10.0. The molecule has 1 aliphatic rings. The fourth-order valence-corrected chi connectivity index (χ4v) is 3.43. The van der Waals surface area contributed by atoms with E-state index in [4.69, 9.17) is 18.9 Å². The minimum absolute atomic E-state index is 0.0401. The fraction of sp³-hybridized carbons (Fsp3) is 0.667. The molecule has 3 atom stereocenters. The number of phenolic OH excluding ortho intramolecular Hbond substituents is 1. The Labute approximate surface area is 180 Å². The molecule has 0 radical (unpaired) electrons. The normalized spacial score (nSPS) is 21.4. The first kappa shape index (κ1) is 24.7. The summed E-state index contributed by atoms with van der Waals surface area (Å²) in [5, 5.41) is 20.9. The third-order valence-electron chi connectivity index (χ3n) is 4.34. The molecule has 0 bridgehead atoms. The van der Waals surface area contributed by atoms with Crippen LogP contribution < -0.4 is 4.74 Å². The van der Waals surface area contributed by atoms with Crippen molar-refractivity contribution in [3.8, 4) is 11.5 Å². The Hall–Kier alpha value is -1.52. The number of benzene rings is 1. The van der Waals surface area contributed by atoms with Crippen LogP contribution in [0.5, 0.6) is 11.5 Å². The first-order valence-electron chi connectivity index (χ1n) is 9.86. The summed E-state index contributed by atoms with van der Waals surface area (Å²) >= 11 is 0.